The van der Waals surface area contributed by atoms with Gasteiger partial charge in [-0.3, -0.25) is 4.68 Å². The lowest BCUT2D eigenvalue weighted by atomic mass is 10.2. The maximum Gasteiger partial charge on any atom is 0.132 e. The van der Waals surface area contributed by atoms with E-state index in [1.165, 1.54) is 0 Å². The maximum absolute atomic E-state index is 5.89. The predicted molar refractivity (Wildman–Crippen MR) is 83.8 cm³/mol. The highest BCUT2D eigenvalue weighted by molar-refractivity contribution is 9.10. The normalized spacial score (nSPS) is 11.1. The highest BCUT2D eigenvalue weighted by atomic mass is 79.9. The first-order valence-corrected chi connectivity index (χ1v) is 7.49. The Morgan fingerprint density at radius 1 is 1.35 bits per heavy atom. The molecule has 5 heteroatoms. The van der Waals surface area contributed by atoms with E-state index in [1.54, 1.807) is 0 Å². The molecular weight excluding hydrogens is 318 g/mol. The van der Waals surface area contributed by atoms with Crippen LogP contribution in [0.15, 0.2) is 34.9 Å². The summed E-state index contributed by atoms with van der Waals surface area (Å²) in [7, 11) is 1.93. The Bertz CT molecular complexity index is 566. The van der Waals surface area contributed by atoms with Crippen LogP contribution in [-0.4, -0.2) is 16.8 Å². The number of rotatable bonds is 6. The van der Waals surface area contributed by atoms with Crippen LogP contribution in [0.5, 0.6) is 5.75 Å². The Morgan fingerprint density at radius 2 is 2.15 bits per heavy atom. The topological polar surface area (TPSA) is 39.1 Å². The summed E-state index contributed by atoms with van der Waals surface area (Å²) in [5, 5.41) is 7.63. The lowest BCUT2D eigenvalue weighted by Gasteiger charge is -2.11. The van der Waals surface area contributed by atoms with Gasteiger partial charge in [-0.25, -0.2) is 0 Å². The standard InChI is InChI=1S/C15H20BrN3O/c1-11(2)19-7-6-14(18-19)10-20-15-5-4-13(16)8-12(15)9-17-3/h4-8,11,17H,9-10H2,1-3H3. The van der Waals surface area contributed by atoms with Crippen LogP contribution < -0.4 is 10.1 Å². The highest BCUT2D eigenvalue weighted by Crippen LogP contribution is 2.24. The lowest BCUT2D eigenvalue weighted by Crippen LogP contribution is -2.08. The number of ether oxygens (including phenoxy) is 1. The Morgan fingerprint density at radius 3 is 2.80 bits per heavy atom. The molecule has 0 unspecified atom stereocenters. The number of benzene rings is 1. The van der Waals surface area contributed by atoms with Gasteiger partial charge in [0.2, 0.25) is 0 Å². The lowest BCUT2D eigenvalue weighted by molar-refractivity contribution is 0.295. The average Bonchev–Trinajstić information content (AvgIpc) is 2.87. The second kappa shape index (κ2) is 6.90. The van der Waals surface area contributed by atoms with E-state index in [0.717, 1.165) is 28.0 Å². The van der Waals surface area contributed by atoms with E-state index in [1.807, 2.05) is 36.1 Å². The number of halogens is 1. The summed E-state index contributed by atoms with van der Waals surface area (Å²) in [6.07, 6.45) is 1.99. The summed E-state index contributed by atoms with van der Waals surface area (Å²) in [6.45, 7) is 5.47. The summed E-state index contributed by atoms with van der Waals surface area (Å²) in [5.74, 6) is 0.890. The number of nitrogens with one attached hydrogen (secondary N) is 1. The third-order valence-corrected chi connectivity index (χ3v) is 3.45. The van der Waals surface area contributed by atoms with Crippen LogP contribution in [0, 0.1) is 0 Å². The molecule has 1 N–H and O–H groups in total. The fourth-order valence-corrected chi connectivity index (χ4v) is 2.32. The molecule has 1 heterocycles. The Labute approximate surface area is 128 Å². The van der Waals surface area contributed by atoms with Crippen LogP contribution in [0.25, 0.3) is 0 Å². The number of nitrogens with zero attached hydrogens (tertiary/aromatic N) is 2. The van der Waals surface area contributed by atoms with Crippen molar-refractivity contribution in [2.75, 3.05) is 7.05 Å². The molecule has 4 nitrogen and oxygen atoms in total. The van der Waals surface area contributed by atoms with Gasteiger partial charge in [0, 0.05) is 28.8 Å². The number of hydrogen-bond donors (Lipinski definition) is 1. The van der Waals surface area contributed by atoms with Crippen molar-refractivity contribution in [3.63, 3.8) is 0 Å². The van der Waals surface area contributed by atoms with Crippen LogP contribution in [0.3, 0.4) is 0 Å². The van der Waals surface area contributed by atoms with Gasteiger partial charge in [-0.1, -0.05) is 15.9 Å². The monoisotopic (exact) mass is 337 g/mol. The van der Waals surface area contributed by atoms with Crippen LogP contribution in [0.2, 0.25) is 0 Å². The Balaban J connectivity index is 2.06. The van der Waals surface area contributed by atoms with Gasteiger partial charge >= 0.3 is 0 Å². The minimum Gasteiger partial charge on any atom is -0.487 e. The molecular formula is C15H20BrN3O. The Kier molecular flexibility index (Phi) is 5.20. The van der Waals surface area contributed by atoms with E-state index >= 15 is 0 Å². The molecule has 1 aromatic carbocycles. The number of aromatic nitrogens is 2. The maximum atomic E-state index is 5.89. The molecule has 0 saturated heterocycles. The van der Waals surface area contributed by atoms with Gasteiger partial charge < -0.3 is 10.1 Å². The summed E-state index contributed by atoms with van der Waals surface area (Å²) >= 11 is 3.48. The van der Waals surface area contributed by atoms with Gasteiger partial charge in [0.1, 0.15) is 12.4 Å². The van der Waals surface area contributed by atoms with Crippen molar-refractivity contribution < 1.29 is 4.74 Å². The van der Waals surface area contributed by atoms with E-state index in [9.17, 15) is 0 Å². The molecule has 1 aromatic heterocycles. The van der Waals surface area contributed by atoms with Crippen molar-refractivity contribution in [3.8, 4) is 5.75 Å². The smallest absolute Gasteiger partial charge is 0.132 e. The molecule has 0 atom stereocenters. The summed E-state index contributed by atoms with van der Waals surface area (Å²) in [6, 6.07) is 8.41. The fourth-order valence-electron chi connectivity index (χ4n) is 1.91. The molecule has 0 radical (unpaired) electrons. The van der Waals surface area contributed by atoms with Crippen molar-refractivity contribution in [2.45, 2.75) is 33.0 Å². The van der Waals surface area contributed by atoms with Crippen molar-refractivity contribution in [1.29, 1.82) is 0 Å². The largest absolute Gasteiger partial charge is 0.487 e. The van der Waals surface area contributed by atoms with Crippen molar-refractivity contribution >= 4 is 15.9 Å². The first-order valence-electron chi connectivity index (χ1n) is 6.70. The zero-order chi connectivity index (χ0) is 14.5. The quantitative estimate of drug-likeness (QED) is 0.876. The highest BCUT2D eigenvalue weighted by Gasteiger charge is 2.07. The van der Waals surface area contributed by atoms with E-state index in [4.69, 9.17) is 4.74 Å². The minimum absolute atomic E-state index is 0.372. The molecule has 0 aliphatic heterocycles. The zero-order valence-corrected chi connectivity index (χ0v) is 13.6. The van der Waals surface area contributed by atoms with Crippen LogP contribution in [0.4, 0.5) is 0 Å². The molecule has 0 aliphatic rings. The van der Waals surface area contributed by atoms with E-state index in [0.29, 0.717) is 12.6 Å². The molecule has 2 rings (SSSR count). The fraction of sp³-hybridized carbons (Fsp3) is 0.400. The van der Waals surface area contributed by atoms with Gasteiger partial charge in [-0.05, 0) is 45.2 Å². The first-order chi connectivity index (χ1) is 9.60. The van der Waals surface area contributed by atoms with E-state index < -0.39 is 0 Å². The molecule has 0 spiro atoms. The van der Waals surface area contributed by atoms with Crippen molar-refractivity contribution in [2.24, 2.45) is 0 Å². The van der Waals surface area contributed by atoms with Crippen LogP contribution >= 0.6 is 15.9 Å². The summed E-state index contributed by atoms with van der Waals surface area (Å²) in [5.41, 5.74) is 2.07. The molecule has 0 bridgehead atoms. The molecule has 0 saturated carbocycles. The van der Waals surface area contributed by atoms with E-state index in [-0.39, 0.29) is 0 Å². The second-order valence-corrected chi connectivity index (χ2v) is 5.87. The minimum atomic E-state index is 0.372. The summed E-state index contributed by atoms with van der Waals surface area (Å²) < 4.78 is 8.88. The third kappa shape index (κ3) is 3.84. The van der Waals surface area contributed by atoms with Crippen molar-refractivity contribution in [1.82, 2.24) is 15.1 Å². The zero-order valence-electron chi connectivity index (χ0n) is 12.1. The molecule has 2 aromatic rings. The van der Waals surface area contributed by atoms with Gasteiger partial charge in [0.15, 0.2) is 0 Å². The van der Waals surface area contributed by atoms with Gasteiger partial charge in [0.25, 0.3) is 0 Å². The molecule has 108 valence electrons. The molecule has 0 fully saturated rings. The molecule has 0 aliphatic carbocycles. The van der Waals surface area contributed by atoms with Crippen LogP contribution in [0.1, 0.15) is 31.1 Å². The van der Waals surface area contributed by atoms with Gasteiger partial charge in [-0.2, -0.15) is 5.10 Å². The SMILES string of the molecule is CNCc1cc(Br)ccc1OCc1ccn(C(C)C)n1. The second-order valence-electron chi connectivity index (χ2n) is 4.95. The summed E-state index contributed by atoms with van der Waals surface area (Å²) in [4.78, 5) is 0. The van der Waals surface area contributed by atoms with Gasteiger partial charge in [0.05, 0.1) is 5.69 Å². The third-order valence-electron chi connectivity index (χ3n) is 2.96. The van der Waals surface area contributed by atoms with Crippen LogP contribution in [-0.2, 0) is 13.2 Å². The first kappa shape index (κ1) is 15.1. The molecule has 20 heavy (non-hydrogen) atoms. The van der Waals surface area contributed by atoms with Gasteiger partial charge in [-0.15, -0.1) is 0 Å². The Hall–Kier alpha value is -1.33. The molecule has 0 amide bonds. The van der Waals surface area contributed by atoms with Crippen molar-refractivity contribution in [3.05, 3.63) is 46.2 Å². The average molecular weight is 338 g/mol. The predicted octanol–water partition coefficient (Wildman–Crippen LogP) is 3.52. The van der Waals surface area contributed by atoms with E-state index in [2.05, 4.69) is 46.3 Å². The number of hydrogen-bond acceptors (Lipinski definition) is 3.